The van der Waals surface area contributed by atoms with E-state index in [2.05, 4.69) is 25.7 Å². The summed E-state index contributed by atoms with van der Waals surface area (Å²) in [5.41, 5.74) is 1.75. The van der Waals surface area contributed by atoms with E-state index in [1.807, 2.05) is 27.1 Å². The maximum absolute atomic E-state index is 11.9. The standard InChI is InChI=1S/C16H24N6O2S.HI/c1-6-24-15(23)13-10(2)20-14(25-13)11(3)21-16(17-4)18-7-12-8-19-22(5)9-12;/h8-9,11H,6-7H2,1-5H3,(H2,17,18,21);1H. The van der Waals surface area contributed by atoms with E-state index in [4.69, 9.17) is 4.74 Å². The summed E-state index contributed by atoms with van der Waals surface area (Å²) in [7, 11) is 3.59. The van der Waals surface area contributed by atoms with Crippen LogP contribution in [0.25, 0.3) is 0 Å². The number of aryl methyl sites for hydroxylation is 2. The number of halogens is 1. The van der Waals surface area contributed by atoms with Crippen LogP contribution in [0.2, 0.25) is 0 Å². The molecule has 26 heavy (non-hydrogen) atoms. The molecule has 10 heteroatoms. The number of carbonyl (C=O) groups is 1. The molecule has 0 aromatic carbocycles. The summed E-state index contributed by atoms with van der Waals surface area (Å²) in [5, 5.41) is 11.5. The smallest absolute Gasteiger partial charge is 0.350 e. The molecule has 0 amide bonds. The van der Waals surface area contributed by atoms with E-state index in [1.165, 1.54) is 11.3 Å². The Morgan fingerprint density at radius 1 is 1.50 bits per heavy atom. The Balaban J connectivity index is 0.00000338. The second kappa shape index (κ2) is 10.5. The molecule has 0 spiro atoms. The van der Waals surface area contributed by atoms with Gasteiger partial charge in [-0.05, 0) is 20.8 Å². The Morgan fingerprint density at radius 3 is 2.81 bits per heavy atom. The third-order valence-electron chi connectivity index (χ3n) is 3.44. The van der Waals surface area contributed by atoms with Gasteiger partial charge in [0.25, 0.3) is 0 Å². The molecule has 1 atom stereocenters. The molecule has 144 valence electrons. The molecule has 0 fully saturated rings. The number of nitrogens with zero attached hydrogens (tertiary/aromatic N) is 4. The lowest BCUT2D eigenvalue weighted by molar-refractivity contribution is 0.0531. The molecule has 0 bridgehead atoms. The van der Waals surface area contributed by atoms with E-state index in [-0.39, 0.29) is 36.0 Å². The molecule has 0 aliphatic carbocycles. The van der Waals surface area contributed by atoms with E-state index in [1.54, 1.807) is 24.9 Å². The average molecular weight is 492 g/mol. The Bertz CT molecular complexity index is 758. The maximum Gasteiger partial charge on any atom is 0.350 e. The number of carbonyl (C=O) groups excluding carboxylic acids is 1. The molecule has 0 aliphatic rings. The van der Waals surface area contributed by atoms with Crippen molar-refractivity contribution in [1.82, 2.24) is 25.4 Å². The number of rotatable bonds is 6. The number of aliphatic imine (C=N–C) groups is 1. The van der Waals surface area contributed by atoms with Crippen LogP contribution in [-0.2, 0) is 18.3 Å². The maximum atomic E-state index is 11.9. The highest BCUT2D eigenvalue weighted by atomic mass is 127. The third kappa shape index (κ3) is 5.94. The Kier molecular flexibility index (Phi) is 8.99. The molecule has 2 rings (SSSR count). The predicted octanol–water partition coefficient (Wildman–Crippen LogP) is 2.41. The fraction of sp³-hybridized carbons (Fsp3) is 0.500. The van der Waals surface area contributed by atoms with Gasteiger partial charge in [0.1, 0.15) is 9.88 Å². The van der Waals surface area contributed by atoms with Gasteiger partial charge in [-0.3, -0.25) is 9.67 Å². The van der Waals surface area contributed by atoms with E-state index < -0.39 is 0 Å². The van der Waals surface area contributed by atoms with Gasteiger partial charge in [-0.1, -0.05) is 0 Å². The van der Waals surface area contributed by atoms with Crippen molar-refractivity contribution in [2.45, 2.75) is 33.4 Å². The first-order valence-corrected chi connectivity index (χ1v) is 8.85. The van der Waals surface area contributed by atoms with Crippen molar-refractivity contribution in [2.75, 3.05) is 13.7 Å². The molecule has 0 saturated heterocycles. The second-order valence-corrected chi connectivity index (χ2v) is 6.53. The molecule has 0 saturated carbocycles. The molecule has 2 heterocycles. The minimum absolute atomic E-state index is 0. The fourth-order valence-corrected chi connectivity index (χ4v) is 3.16. The number of hydrogen-bond donors (Lipinski definition) is 2. The zero-order valence-corrected chi connectivity index (χ0v) is 18.7. The first kappa shape index (κ1) is 22.4. The van der Waals surface area contributed by atoms with E-state index >= 15 is 0 Å². The highest BCUT2D eigenvalue weighted by Crippen LogP contribution is 2.24. The number of ether oxygens (including phenoxy) is 1. The van der Waals surface area contributed by atoms with Gasteiger partial charge in [-0.25, -0.2) is 9.78 Å². The van der Waals surface area contributed by atoms with Crippen LogP contribution in [0.1, 0.15) is 45.8 Å². The number of hydrogen-bond acceptors (Lipinski definition) is 6. The van der Waals surface area contributed by atoms with E-state index in [0.717, 1.165) is 10.6 Å². The van der Waals surface area contributed by atoms with Crippen LogP contribution in [0.3, 0.4) is 0 Å². The van der Waals surface area contributed by atoms with Crippen LogP contribution in [0.4, 0.5) is 0 Å². The van der Waals surface area contributed by atoms with Crippen LogP contribution >= 0.6 is 35.3 Å². The molecular formula is C16H25IN6O2S. The predicted molar refractivity (Wildman–Crippen MR) is 113 cm³/mol. The van der Waals surface area contributed by atoms with Crippen molar-refractivity contribution in [1.29, 1.82) is 0 Å². The molecule has 1 unspecified atom stereocenters. The summed E-state index contributed by atoms with van der Waals surface area (Å²) in [5.74, 6) is 0.330. The number of nitrogens with one attached hydrogen (secondary N) is 2. The summed E-state index contributed by atoms with van der Waals surface area (Å²) < 4.78 is 6.82. The van der Waals surface area contributed by atoms with E-state index in [0.29, 0.717) is 29.7 Å². The van der Waals surface area contributed by atoms with Gasteiger partial charge in [0.2, 0.25) is 0 Å². The monoisotopic (exact) mass is 492 g/mol. The molecule has 2 aromatic heterocycles. The topological polar surface area (TPSA) is 93.4 Å². The minimum atomic E-state index is -0.324. The third-order valence-corrected chi connectivity index (χ3v) is 4.76. The lowest BCUT2D eigenvalue weighted by Crippen LogP contribution is -2.38. The van der Waals surface area contributed by atoms with Crippen LogP contribution in [0.15, 0.2) is 17.4 Å². The highest BCUT2D eigenvalue weighted by molar-refractivity contribution is 14.0. The summed E-state index contributed by atoms with van der Waals surface area (Å²) in [6, 6.07) is -0.0908. The quantitative estimate of drug-likeness (QED) is 0.279. The van der Waals surface area contributed by atoms with Crippen LogP contribution < -0.4 is 10.6 Å². The zero-order valence-electron chi connectivity index (χ0n) is 15.6. The number of aromatic nitrogens is 3. The average Bonchev–Trinajstić information content (AvgIpc) is 3.17. The molecule has 8 nitrogen and oxygen atoms in total. The van der Waals surface area contributed by atoms with Crippen molar-refractivity contribution in [3.8, 4) is 0 Å². The Hall–Kier alpha value is -1.69. The number of thiazole rings is 1. The lowest BCUT2D eigenvalue weighted by Gasteiger charge is -2.15. The number of guanidine groups is 1. The van der Waals surface area contributed by atoms with Gasteiger partial charge in [0.15, 0.2) is 5.96 Å². The van der Waals surface area contributed by atoms with Crippen molar-refractivity contribution in [3.05, 3.63) is 33.5 Å². The molecule has 0 radical (unpaired) electrons. The van der Waals surface area contributed by atoms with Gasteiger partial charge in [0, 0.05) is 32.4 Å². The second-order valence-electron chi connectivity index (χ2n) is 5.50. The largest absolute Gasteiger partial charge is 0.462 e. The molecule has 0 aliphatic heterocycles. The van der Waals surface area contributed by atoms with Gasteiger partial charge in [-0.15, -0.1) is 35.3 Å². The van der Waals surface area contributed by atoms with Crippen LogP contribution in [0, 0.1) is 6.92 Å². The van der Waals surface area contributed by atoms with Crippen molar-refractivity contribution in [3.63, 3.8) is 0 Å². The fourth-order valence-electron chi connectivity index (χ4n) is 2.20. The lowest BCUT2D eigenvalue weighted by atomic mass is 10.3. The molecule has 2 N–H and O–H groups in total. The zero-order chi connectivity index (χ0) is 18.4. The summed E-state index contributed by atoms with van der Waals surface area (Å²) >= 11 is 1.34. The first-order chi connectivity index (χ1) is 11.9. The van der Waals surface area contributed by atoms with Crippen molar-refractivity contribution in [2.24, 2.45) is 12.0 Å². The van der Waals surface area contributed by atoms with Gasteiger partial charge >= 0.3 is 5.97 Å². The Morgan fingerprint density at radius 2 is 2.23 bits per heavy atom. The summed E-state index contributed by atoms with van der Waals surface area (Å²) in [6.07, 6.45) is 3.75. The first-order valence-electron chi connectivity index (χ1n) is 8.03. The SMILES string of the molecule is CCOC(=O)c1sc(C(C)NC(=NC)NCc2cnn(C)c2)nc1C.I. The Labute approximate surface area is 174 Å². The van der Waals surface area contributed by atoms with Crippen molar-refractivity contribution >= 4 is 47.2 Å². The van der Waals surface area contributed by atoms with Gasteiger partial charge < -0.3 is 15.4 Å². The van der Waals surface area contributed by atoms with Crippen LogP contribution in [-0.4, -0.2) is 40.3 Å². The van der Waals surface area contributed by atoms with Gasteiger partial charge in [0.05, 0.1) is 24.5 Å². The normalized spacial score (nSPS) is 12.3. The summed E-state index contributed by atoms with van der Waals surface area (Å²) in [4.78, 5) is 21.2. The highest BCUT2D eigenvalue weighted by Gasteiger charge is 2.20. The van der Waals surface area contributed by atoms with Crippen LogP contribution in [0.5, 0.6) is 0 Å². The molecule has 2 aromatic rings. The van der Waals surface area contributed by atoms with Crippen molar-refractivity contribution < 1.29 is 9.53 Å². The minimum Gasteiger partial charge on any atom is -0.462 e. The molecular weight excluding hydrogens is 467 g/mol. The number of esters is 1. The van der Waals surface area contributed by atoms with E-state index in [9.17, 15) is 4.79 Å². The van der Waals surface area contributed by atoms with Gasteiger partial charge in [-0.2, -0.15) is 5.10 Å². The summed E-state index contributed by atoms with van der Waals surface area (Å²) in [6.45, 7) is 6.55.